The van der Waals surface area contributed by atoms with Gasteiger partial charge in [0.15, 0.2) is 0 Å². The van der Waals surface area contributed by atoms with Crippen LogP contribution in [0.5, 0.6) is 0 Å². The van der Waals surface area contributed by atoms with Crippen molar-refractivity contribution in [2.75, 3.05) is 6.54 Å². The number of benzene rings is 1. The summed E-state index contributed by atoms with van der Waals surface area (Å²) in [6.07, 6.45) is 1.03. The van der Waals surface area contributed by atoms with E-state index in [0.717, 1.165) is 24.2 Å². The molecule has 0 atom stereocenters. The van der Waals surface area contributed by atoms with Gasteiger partial charge in [-0.1, -0.05) is 30.9 Å². The lowest BCUT2D eigenvalue weighted by atomic mass is 10.1. The van der Waals surface area contributed by atoms with Gasteiger partial charge >= 0.3 is 0 Å². The predicted octanol–water partition coefficient (Wildman–Crippen LogP) is 2.42. The highest BCUT2D eigenvalue weighted by Gasteiger charge is 2.09. The second-order valence-corrected chi connectivity index (χ2v) is 4.87. The van der Waals surface area contributed by atoms with E-state index in [1.54, 1.807) is 0 Å². The topological polar surface area (TPSA) is 43.8 Å². The fourth-order valence-corrected chi connectivity index (χ4v) is 2.47. The van der Waals surface area contributed by atoms with Crippen LogP contribution in [0.3, 0.4) is 0 Å². The Labute approximate surface area is 120 Å². The maximum Gasteiger partial charge on any atom is 0.0663 e. The molecule has 2 aromatic rings. The second kappa shape index (κ2) is 6.40. The first-order chi connectivity index (χ1) is 9.65. The van der Waals surface area contributed by atoms with Crippen molar-refractivity contribution in [1.82, 2.24) is 9.78 Å². The minimum absolute atomic E-state index is 0.390. The Hall–Kier alpha value is -2.05. The lowest BCUT2D eigenvalue weighted by Gasteiger charge is -2.06. The number of nitrogens with two attached hydrogens (primary N) is 1. The maximum atomic E-state index is 5.40. The number of aromatic nitrogens is 2. The number of nitrogens with zero attached hydrogens (tertiary/aromatic N) is 2. The summed E-state index contributed by atoms with van der Waals surface area (Å²) in [6.45, 7) is 7.55. The van der Waals surface area contributed by atoms with E-state index in [4.69, 9.17) is 5.73 Å². The Bertz CT molecular complexity index is 657. The Morgan fingerprint density at radius 3 is 2.75 bits per heavy atom. The van der Waals surface area contributed by atoms with Gasteiger partial charge in [-0.2, -0.15) is 5.10 Å². The van der Waals surface area contributed by atoms with Gasteiger partial charge in [0.2, 0.25) is 0 Å². The Morgan fingerprint density at radius 2 is 2.10 bits per heavy atom. The van der Waals surface area contributed by atoms with Crippen LogP contribution in [-0.4, -0.2) is 16.3 Å². The van der Waals surface area contributed by atoms with Crippen molar-refractivity contribution in [2.45, 2.75) is 33.7 Å². The van der Waals surface area contributed by atoms with Crippen molar-refractivity contribution in [2.24, 2.45) is 5.73 Å². The van der Waals surface area contributed by atoms with Crippen LogP contribution in [-0.2, 0) is 13.0 Å². The highest BCUT2D eigenvalue weighted by atomic mass is 15.3. The Morgan fingerprint density at radius 1 is 1.30 bits per heavy atom. The molecule has 0 aliphatic carbocycles. The van der Waals surface area contributed by atoms with E-state index in [-0.39, 0.29) is 0 Å². The SMILES string of the molecule is CCc1c(C)nn(Cc2cccc(C#CCN)c2)c1C. The van der Waals surface area contributed by atoms with Gasteiger partial charge in [-0.25, -0.2) is 0 Å². The van der Waals surface area contributed by atoms with Gasteiger partial charge in [0, 0.05) is 11.3 Å². The summed E-state index contributed by atoms with van der Waals surface area (Å²) >= 11 is 0. The molecule has 0 saturated heterocycles. The van der Waals surface area contributed by atoms with Crippen molar-refractivity contribution in [1.29, 1.82) is 0 Å². The number of hydrogen-bond acceptors (Lipinski definition) is 2. The minimum Gasteiger partial charge on any atom is -0.320 e. The summed E-state index contributed by atoms with van der Waals surface area (Å²) in [6, 6.07) is 8.24. The normalized spacial score (nSPS) is 10.2. The molecule has 0 unspecified atom stereocenters. The van der Waals surface area contributed by atoms with Crippen LogP contribution in [0.1, 0.15) is 35.0 Å². The van der Waals surface area contributed by atoms with Gasteiger partial charge in [0.1, 0.15) is 0 Å². The van der Waals surface area contributed by atoms with Crippen LogP contribution >= 0.6 is 0 Å². The molecule has 2 N–H and O–H groups in total. The molecule has 1 aromatic heterocycles. The van der Waals surface area contributed by atoms with Gasteiger partial charge in [0.05, 0.1) is 18.8 Å². The summed E-state index contributed by atoms with van der Waals surface area (Å²) < 4.78 is 2.07. The lowest BCUT2D eigenvalue weighted by molar-refractivity contribution is 0.658. The van der Waals surface area contributed by atoms with Gasteiger partial charge in [-0.05, 0) is 43.5 Å². The Kier molecular flexibility index (Phi) is 4.60. The number of rotatable bonds is 3. The van der Waals surface area contributed by atoms with Crippen LogP contribution in [0.4, 0.5) is 0 Å². The third-order valence-electron chi connectivity index (χ3n) is 3.48. The zero-order valence-corrected chi connectivity index (χ0v) is 12.4. The molecule has 20 heavy (non-hydrogen) atoms. The van der Waals surface area contributed by atoms with Crippen LogP contribution in [0.2, 0.25) is 0 Å². The summed E-state index contributed by atoms with van der Waals surface area (Å²) in [5.74, 6) is 5.95. The zero-order valence-electron chi connectivity index (χ0n) is 12.4. The smallest absolute Gasteiger partial charge is 0.0663 e. The number of hydrogen-bond donors (Lipinski definition) is 1. The van der Waals surface area contributed by atoms with Gasteiger partial charge in [-0.3, -0.25) is 4.68 Å². The quantitative estimate of drug-likeness (QED) is 0.868. The monoisotopic (exact) mass is 267 g/mol. The van der Waals surface area contributed by atoms with Crippen molar-refractivity contribution < 1.29 is 0 Å². The molecule has 0 fully saturated rings. The molecule has 1 aromatic carbocycles. The van der Waals surface area contributed by atoms with E-state index >= 15 is 0 Å². The van der Waals surface area contributed by atoms with E-state index in [9.17, 15) is 0 Å². The molecule has 0 amide bonds. The first-order valence-electron chi connectivity index (χ1n) is 6.96. The third kappa shape index (κ3) is 3.09. The van der Waals surface area contributed by atoms with Crippen molar-refractivity contribution in [3.05, 3.63) is 52.3 Å². The molecule has 0 saturated carbocycles. The lowest BCUT2D eigenvalue weighted by Crippen LogP contribution is -2.04. The first-order valence-corrected chi connectivity index (χ1v) is 6.96. The van der Waals surface area contributed by atoms with E-state index in [0.29, 0.717) is 6.54 Å². The van der Waals surface area contributed by atoms with Gasteiger partial charge in [-0.15, -0.1) is 0 Å². The minimum atomic E-state index is 0.390. The molecule has 104 valence electrons. The molecular formula is C17H21N3. The van der Waals surface area contributed by atoms with Crippen molar-refractivity contribution in [3.8, 4) is 11.8 Å². The molecule has 3 heteroatoms. The van der Waals surface area contributed by atoms with Crippen LogP contribution in [0.15, 0.2) is 24.3 Å². The van der Waals surface area contributed by atoms with E-state index in [1.807, 2.05) is 12.1 Å². The van der Waals surface area contributed by atoms with Crippen molar-refractivity contribution >= 4 is 0 Å². The average molecular weight is 267 g/mol. The number of aryl methyl sites for hydroxylation is 1. The summed E-state index contributed by atoms with van der Waals surface area (Å²) in [7, 11) is 0. The van der Waals surface area contributed by atoms with Crippen molar-refractivity contribution in [3.63, 3.8) is 0 Å². The highest BCUT2D eigenvalue weighted by molar-refractivity contribution is 5.37. The largest absolute Gasteiger partial charge is 0.320 e. The molecule has 0 aliphatic rings. The highest BCUT2D eigenvalue weighted by Crippen LogP contribution is 2.15. The maximum absolute atomic E-state index is 5.40. The molecule has 0 bridgehead atoms. The van der Waals surface area contributed by atoms with Crippen LogP contribution in [0, 0.1) is 25.7 Å². The van der Waals surface area contributed by atoms with Crippen LogP contribution < -0.4 is 5.73 Å². The fourth-order valence-electron chi connectivity index (χ4n) is 2.47. The molecular weight excluding hydrogens is 246 g/mol. The molecule has 1 heterocycles. The second-order valence-electron chi connectivity index (χ2n) is 4.87. The van der Waals surface area contributed by atoms with E-state index in [2.05, 4.69) is 54.5 Å². The zero-order chi connectivity index (χ0) is 14.5. The van der Waals surface area contributed by atoms with Gasteiger partial charge < -0.3 is 5.73 Å². The third-order valence-corrected chi connectivity index (χ3v) is 3.48. The summed E-state index contributed by atoms with van der Waals surface area (Å²) in [5.41, 5.74) is 11.4. The summed E-state index contributed by atoms with van der Waals surface area (Å²) in [5, 5.41) is 4.63. The standard InChI is InChI=1S/C17H21N3/c1-4-17-13(2)19-20(14(17)3)12-16-8-5-7-15(11-16)9-6-10-18/h5,7-8,11H,4,10,12,18H2,1-3H3. The molecule has 0 aliphatic heterocycles. The van der Waals surface area contributed by atoms with E-state index in [1.165, 1.54) is 16.8 Å². The molecule has 0 radical (unpaired) electrons. The van der Waals surface area contributed by atoms with Crippen LogP contribution in [0.25, 0.3) is 0 Å². The fraction of sp³-hybridized carbons (Fsp3) is 0.353. The molecule has 2 rings (SSSR count). The Balaban J connectivity index is 2.26. The first kappa shape index (κ1) is 14.4. The van der Waals surface area contributed by atoms with E-state index < -0.39 is 0 Å². The molecule has 0 spiro atoms. The molecule has 3 nitrogen and oxygen atoms in total. The average Bonchev–Trinajstić information content (AvgIpc) is 2.71. The van der Waals surface area contributed by atoms with Gasteiger partial charge in [0.25, 0.3) is 0 Å². The predicted molar refractivity (Wildman–Crippen MR) is 82.6 cm³/mol. The summed E-state index contributed by atoms with van der Waals surface area (Å²) in [4.78, 5) is 0.